The minimum Gasteiger partial charge on any atom is -0.508 e. The molecule has 0 saturated carbocycles. The van der Waals surface area contributed by atoms with Gasteiger partial charge < -0.3 is 64.5 Å². The first-order chi connectivity index (χ1) is 25.8. The SMILES string of the molecule is CCCCCCCCCCCC(=O)OC[C@H]1O[C@@H](Oc2cc(O)c(C(=O)CCc3ccc(O)cc3)c(O)c2)[C@H](O[C@@H]2O[C@@H](C)[C@H](O)[C@@H](O)[C@H]2O)[C@@H](O)[C@@H]1O. The minimum absolute atomic E-state index is 0.0673. The zero-order valence-electron chi connectivity index (χ0n) is 30.9. The number of rotatable bonds is 20. The standard InChI is InChI=1S/C39H56O15/c1-3-4-5-6-7-8-9-10-11-12-30(44)50-21-29-33(46)35(48)37(54-38-36(49)34(47)32(45)22(2)51-38)39(53-29)52-25-19-27(42)31(28(43)20-25)26(41)18-15-23-13-16-24(40)17-14-23/h13-14,16-17,19-20,22,29,32-40,42-43,45-49H,3-12,15,18,21H2,1-2H3/t22-,29+,32-,33+,34+,35-,36+,37+,38-,39+/m0/s1. The summed E-state index contributed by atoms with van der Waals surface area (Å²) in [6.07, 6.45) is -5.83. The summed E-state index contributed by atoms with van der Waals surface area (Å²) in [7, 11) is 0. The van der Waals surface area contributed by atoms with Crippen molar-refractivity contribution in [2.45, 2.75) is 152 Å². The highest BCUT2D eigenvalue weighted by Crippen LogP contribution is 2.37. The van der Waals surface area contributed by atoms with Crippen LogP contribution in [-0.4, -0.2) is 121 Å². The second kappa shape index (κ2) is 20.9. The third-order valence-electron chi connectivity index (χ3n) is 9.82. The van der Waals surface area contributed by atoms with Gasteiger partial charge in [0, 0.05) is 25.0 Å². The van der Waals surface area contributed by atoms with Crippen LogP contribution in [0.3, 0.4) is 0 Å². The zero-order valence-corrected chi connectivity index (χ0v) is 30.9. The second-order valence-electron chi connectivity index (χ2n) is 14.1. The maximum absolute atomic E-state index is 13.0. The van der Waals surface area contributed by atoms with E-state index in [1.165, 1.54) is 44.7 Å². The molecule has 0 spiro atoms. The van der Waals surface area contributed by atoms with Gasteiger partial charge in [-0.15, -0.1) is 0 Å². The Kier molecular flexibility index (Phi) is 16.8. The number of aryl methyl sites for hydroxylation is 1. The summed E-state index contributed by atoms with van der Waals surface area (Å²) in [5, 5.41) is 84.3. The van der Waals surface area contributed by atoms with E-state index in [1.807, 2.05) is 0 Å². The molecule has 15 heteroatoms. The van der Waals surface area contributed by atoms with Crippen molar-refractivity contribution in [3.05, 3.63) is 47.5 Å². The molecule has 2 aromatic carbocycles. The summed E-state index contributed by atoms with van der Waals surface area (Å²) in [6, 6.07) is 8.28. The molecule has 0 unspecified atom stereocenters. The fourth-order valence-electron chi connectivity index (χ4n) is 6.51. The molecule has 0 amide bonds. The van der Waals surface area contributed by atoms with E-state index in [0.717, 1.165) is 43.4 Å². The smallest absolute Gasteiger partial charge is 0.305 e. The number of hydrogen-bond acceptors (Lipinski definition) is 15. The Labute approximate surface area is 315 Å². The molecule has 10 atom stereocenters. The minimum atomic E-state index is -1.82. The molecule has 0 radical (unpaired) electrons. The quantitative estimate of drug-likeness (QED) is 0.0549. The van der Waals surface area contributed by atoms with Crippen molar-refractivity contribution in [2.24, 2.45) is 0 Å². The number of ketones is 1. The van der Waals surface area contributed by atoms with Gasteiger partial charge in [0.15, 0.2) is 18.2 Å². The number of hydrogen-bond donors (Lipinski definition) is 8. The Morgan fingerprint density at radius 2 is 1.31 bits per heavy atom. The number of esters is 1. The highest BCUT2D eigenvalue weighted by molar-refractivity contribution is 6.01. The fraction of sp³-hybridized carbons (Fsp3) is 0.641. The highest BCUT2D eigenvalue weighted by atomic mass is 16.8. The molecule has 0 bridgehead atoms. The maximum Gasteiger partial charge on any atom is 0.305 e. The third-order valence-corrected chi connectivity index (χ3v) is 9.82. The van der Waals surface area contributed by atoms with Crippen molar-refractivity contribution in [3.63, 3.8) is 0 Å². The van der Waals surface area contributed by atoms with Crippen LogP contribution in [-0.2, 0) is 30.2 Å². The predicted octanol–water partition coefficient (Wildman–Crippen LogP) is 3.12. The van der Waals surface area contributed by atoms with Gasteiger partial charge in [-0.25, -0.2) is 0 Å². The molecule has 302 valence electrons. The second-order valence-corrected chi connectivity index (χ2v) is 14.1. The molecule has 4 rings (SSSR count). The lowest BCUT2D eigenvalue weighted by atomic mass is 9.97. The van der Waals surface area contributed by atoms with Gasteiger partial charge in [-0.05, 0) is 37.5 Å². The van der Waals surface area contributed by atoms with Crippen LogP contribution in [0, 0.1) is 0 Å². The van der Waals surface area contributed by atoms with Crippen molar-refractivity contribution < 1.29 is 74.1 Å². The van der Waals surface area contributed by atoms with Crippen LogP contribution in [0.4, 0.5) is 0 Å². The number of carbonyl (C=O) groups is 2. The molecule has 2 fully saturated rings. The van der Waals surface area contributed by atoms with Gasteiger partial charge in [0.1, 0.15) is 71.8 Å². The zero-order chi connectivity index (χ0) is 39.4. The number of benzene rings is 2. The largest absolute Gasteiger partial charge is 0.508 e. The van der Waals surface area contributed by atoms with Crippen LogP contribution < -0.4 is 4.74 Å². The molecule has 54 heavy (non-hydrogen) atoms. The monoisotopic (exact) mass is 764 g/mol. The van der Waals surface area contributed by atoms with Crippen LogP contribution in [0.25, 0.3) is 0 Å². The summed E-state index contributed by atoms with van der Waals surface area (Å²) in [6.45, 7) is 3.12. The highest BCUT2D eigenvalue weighted by Gasteiger charge is 2.51. The van der Waals surface area contributed by atoms with Gasteiger partial charge in [-0.2, -0.15) is 0 Å². The summed E-state index contributed by atoms with van der Waals surface area (Å²) in [4.78, 5) is 25.5. The first-order valence-corrected chi connectivity index (χ1v) is 18.9. The average molecular weight is 765 g/mol. The Balaban J connectivity index is 1.43. The Hall–Kier alpha value is -3.54. The number of phenolic OH excluding ortho intramolecular Hbond substituents is 3. The Morgan fingerprint density at radius 3 is 1.94 bits per heavy atom. The molecular weight excluding hydrogens is 708 g/mol. The van der Waals surface area contributed by atoms with Crippen LogP contribution >= 0.6 is 0 Å². The normalized spacial score (nSPS) is 28.4. The molecule has 2 aliphatic heterocycles. The van der Waals surface area contributed by atoms with E-state index in [9.17, 15) is 50.4 Å². The summed E-state index contributed by atoms with van der Waals surface area (Å²) in [5.41, 5.74) is 0.375. The molecule has 0 aliphatic carbocycles. The van der Waals surface area contributed by atoms with Crippen molar-refractivity contribution in [3.8, 4) is 23.0 Å². The molecule has 2 heterocycles. The van der Waals surface area contributed by atoms with Gasteiger partial charge in [0.2, 0.25) is 6.29 Å². The van der Waals surface area contributed by atoms with E-state index in [0.29, 0.717) is 6.42 Å². The van der Waals surface area contributed by atoms with Crippen molar-refractivity contribution in [1.29, 1.82) is 0 Å². The van der Waals surface area contributed by atoms with E-state index in [4.69, 9.17) is 23.7 Å². The molecule has 15 nitrogen and oxygen atoms in total. The lowest BCUT2D eigenvalue weighted by Gasteiger charge is -2.45. The maximum atomic E-state index is 13.0. The van der Waals surface area contributed by atoms with Crippen molar-refractivity contribution in [1.82, 2.24) is 0 Å². The average Bonchev–Trinajstić information content (AvgIpc) is 3.14. The van der Waals surface area contributed by atoms with E-state index < -0.39 is 91.3 Å². The van der Waals surface area contributed by atoms with Gasteiger partial charge in [-0.1, -0.05) is 70.4 Å². The number of ether oxygens (including phenoxy) is 5. The Bertz CT molecular complexity index is 1450. The molecule has 2 saturated heterocycles. The van der Waals surface area contributed by atoms with Gasteiger partial charge in [-0.3, -0.25) is 9.59 Å². The number of aromatic hydroxyl groups is 3. The molecule has 8 N–H and O–H groups in total. The van der Waals surface area contributed by atoms with Crippen LogP contribution in [0.1, 0.15) is 100 Å². The summed E-state index contributed by atoms with van der Waals surface area (Å²) in [5.74, 6) is -2.56. The number of unbranched alkanes of at least 4 members (excludes halogenated alkanes) is 8. The Morgan fingerprint density at radius 1 is 0.704 bits per heavy atom. The third kappa shape index (κ3) is 12.0. The molecule has 2 aliphatic rings. The lowest BCUT2D eigenvalue weighted by Crippen LogP contribution is -2.64. The van der Waals surface area contributed by atoms with Crippen molar-refractivity contribution >= 4 is 11.8 Å². The van der Waals surface area contributed by atoms with Gasteiger partial charge in [0.25, 0.3) is 0 Å². The number of phenols is 3. The first kappa shape index (κ1) is 43.2. The molecular formula is C39H56O15. The van der Waals surface area contributed by atoms with Gasteiger partial charge in [0.05, 0.1) is 6.10 Å². The van der Waals surface area contributed by atoms with Crippen LogP contribution in [0.5, 0.6) is 23.0 Å². The summed E-state index contributed by atoms with van der Waals surface area (Å²) >= 11 is 0. The first-order valence-electron chi connectivity index (χ1n) is 18.9. The summed E-state index contributed by atoms with van der Waals surface area (Å²) < 4.78 is 28.5. The number of aliphatic hydroxyl groups excluding tert-OH is 5. The van der Waals surface area contributed by atoms with Crippen LogP contribution in [0.2, 0.25) is 0 Å². The van der Waals surface area contributed by atoms with E-state index in [-0.39, 0.29) is 36.3 Å². The lowest BCUT2D eigenvalue weighted by molar-refractivity contribution is -0.354. The van der Waals surface area contributed by atoms with E-state index in [1.54, 1.807) is 12.1 Å². The van der Waals surface area contributed by atoms with Crippen molar-refractivity contribution in [2.75, 3.05) is 6.61 Å². The fourth-order valence-corrected chi connectivity index (χ4v) is 6.51. The number of Topliss-reactive ketones (excluding diaryl/α,β-unsaturated/α-hetero) is 1. The van der Waals surface area contributed by atoms with E-state index >= 15 is 0 Å². The van der Waals surface area contributed by atoms with Crippen LogP contribution in [0.15, 0.2) is 36.4 Å². The number of aliphatic hydroxyl groups is 5. The van der Waals surface area contributed by atoms with Gasteiger partial charge >= 0.3 is 5.97 Å². The topological polar surface area (TPSA) is 242 Å². The molecule has 0 aromatic heterocycles. The predicted molar refractivity (Wildman–Crippen MR) is 192 cm³/mol. The number of carbonyl (C=O) groups excluding carboxylic acids is 2. The van der Waals surface area contributed by atoms with E-state index in [2.05, 4.69) is 6.92 Å². The molecule has 2 aromatic rings.